The molecule has 2 aromatic rings. The van der Waals surface area contributed by atoms with E-state index in [1.807, 2.05) is 0 Å². The van der Waals surface area contributed by atoms with Gasteiger partial charge in [0.1, 0.15) is 0 Å². The second-order valence-electron chi connectivity index (χ2n) is 5.50. The van der Waals surface area contributed by atoms with E-state index in [2.05, 4.69) is 10.0 Å². The molecule has 3 rings (SSSR count). The number of sulfonamides is 1. The number of fused-ring (bicyclic) bond motifs is 1. The zero-order chi connectivity index (χ0) is 16.6. The molecule has 0 saturated carbocycles. The fraction of sp³-hybridized carbons (Fsp3) is 0.188. The first kappa shape index (κ1) is 15.8. The summed E-state index contributed by atoms with van der Waals surface area (Å²) < 4.78 is 27.1. The van der Waals surface area contributed by atoms with Crippen LogP contribution in [0.3, 0.4) is 0 Å². The molecule has 1 amide bonds. The van der Waals surface area contributed by atoms with E-state index >= 15 is 0 Å². The van der Waals surface area contributed by atoms with Crippen molar-refractivity contribution < 1.29 is 13.2 Å². The van der Waals surface area contributed by atoms with Gasteiger partial charge >= 0.3 is 0 Å². The molecule has 0 saturated heterocycles. The highest BCUT2D eigenvalue weighted by Gasteiger charge is 2.26. The van der Waals surface area contributed by atoms with Crippen LogP contribution in [0.1, 0.15) is 24.0 Å². The number of rotatable bonds is 4. The molecule has 0 radical (unpaired) electrons. The molecule has 0 bridgehead atoms. The predicted octanol–water partition coefficient (Wildman–Crippen LogP) is 3.34. The minimum absolute atomic E-state index is 0.0822. The van der Waals surface area contributed by atoms with Gasteiger partial charge in [-0.1, -0.05) is 23.7 Å². The lowest BCUT2D eigenvalue weighted by Crippen LogP contribution is -2.15. The molecule has 1 aliphatic rings. The van der Waals surface area contributed by atoms with E-state index in [4.69, 9.17) is 11.6 Å². The predicted molar refractivity (Wildman–Crippen MR) is 91.2 cm³/mol. The van der Waals surface area contributed by atoms with Crippen LogP contribution in [0.2, 0.25) is 5.02 Å². The molecule has 0 aliphatic carbocycles. The molecule has 1 unspecified atom stereocenters. The summed E-state index contributed by atoms with van der Waals surface area (Å²) in [5, 5.41) is 3.31. The molecule has 5 nitrogen and oxygen atoms in total. The molecule has 2 N–H and O–H groups in total. The number of carbonyl (C=O) groups is 1. The van der Waals surface area contributed by atoms with E-state index in [1.54, 1.807) is 49.4 Å². The molecule has 1 aliphatic heterocycles. The summed E-state index contributed by atoms with van der Waals surface area (Å²) in [6, 6.07) is 11.7. The molecule has 2 aromatic carbocycles. The van der Waals surface area contributed by atoms with Crippen LogP contribution in [0.15, 0.2) is 42.5 Å². The molecular weight excluding hydrogens is 336 g/mol. The molecule has 0 aromatic heterocycles. The van der Waals surface area contributed by atoms with Crippen molar-refractivity contribution >= 4 is 38.9 Å². The van der Waals surface area contributed by atoms with E-state index in [0.717, 1.165) is 11.3 Å². The lowest BCUT2D eigenvalue weighted by Gasteiger charge is -2.10. The fourth-order valence-corrected chi connectivity index (χ4v) is 3.81. The van der Waals surface area contributed by atoms with Crippen molar-refractivity contribution in [2.45, 2.75) is 18.6 Å². The van der Waals surface area contributed by atoms with Gasteiger partial charge in [0.05, 0.1) is 11.7 Å². The number of hydrogen-bond donors (Lipinski definition) is 2. The Balaban J connectivity index is 1.79. The van der Waals surface area contributed by atoms with Gasteiger partial charge in [-0.25, -0.2) is 8.42 Å². The number of hydrogen-bond acceptors (Lipinski definition) is 3. The van der Waals surface area contributed by atoms with Gasteiger partial charge in [0.25, 0.3) is 0 Å². The lowest BCUT2D eigenvalue weighted by molar-refractivity contribution is -0.116. The standard InChI is InChI=1S/C16H15ClN2O3S/c1-10-14-8-13(6-7-15(14)18-16(10)20)19-23(21,22)9-11-2-4-12(17)5-3-11/h2-8,10,19H,9H2,1H3,(H,18,20). The van der Waals surface area contributed by atoms with E-state index in [0.29, 0.717) is 16.3 Å². The largest absolute Gasteiger partial charge is 0.325 e. The van der Waals surface area contributed by atoms with Crippen LogP contribution in [0.4, 0.5) is 11.4 Å². The SMILES string of the molecule is CC1C(=O)Nc2ccc(NS(=O)(=O)Cc3ccc(Cl)cc3)cc21. The van der Waals surface area contributed by atoms with Crippen LogP contribution in [0, 0.1) is 0 Å². The van der Waals surface area contributed by atoms with E-state index < -0.39 is 10.0 Å². The summed E-state index contributed by atoms with van der Waals surface area (Å²) in [7, 11) is -3.55. The second-order valence-corrected chi connectivity index (χ2v) is 7.66. The lowest BCUT2D eigenvalue weighted by atomic mass is 10.0. The molecule has 1 heterocycles. The van der Waals surface area contributed by atoms with Gasteiger partial charge in [0.15, 0.2) is 0 Å². The number of amides is 1. The third-order valence-electron chi connectivity index (χ3n) is 3.71. The van der Waals surface area contributed by atoms with Gasteiger partial charge in [-0.2, -0.15) is 0 Å². The maximum Gasteiger partial charge on any atom is 0.236 e. The second kappa shape index (κ2) is 5.86. The Hall–Kier alpha value is -2.05. The van der Waals surface area contributed by atoms with Crippen molar-refractivity contribution in [3.63, 3.8) is 0 Å². The van der Waals surface area contributed by atoms with Crippen molar-refractivity contribution in [3.8, 4) is 0 Å². The first-order valence-electron chi connectivity index (χ1n) is 7.04. The minimum Gasteiger partial charge on any atom is -0.325 e. The molecule has 1 atom stereocenters. The summed E-state index contributed by atoms with van der Waals surface area (Å²) in [5.41, 5.74) is 2.61. The number of benzene rings is 2. The Morgan fingerprint density at radius 1 is 1.17 bits per heavy atom. The van der Waals surface area contributed by atoms with E-state index in [-0.39, 0.29) is 17.6 Å². The summed E-state index contributed by atoms with van der Waals surface area (Å²) in [4.78, 5) is 11.6. The number of carbonyl (C=O) groups excluding carboxylic acids is 1. The van der Waals surface area contributed by atoms with E-state index in [9.17, 15) is 13.2 Å². The van der Waals surface area contributed by atoms with Crippen LogP contribution in [0.5, 0.6) is 0 Å². The Morgan fingerprint density at radius 3 is 2.57 bits per heavy atom. The Bertz CT molecular complexity index is 863. The molecular formula is C16H15ClN2O3S. The molecule has 0 spiro atoms. The number of anilines is 2. The molecule has 0 fully saturated rings. The van der Waals surface area contributed by atoms with Crippen LogP contribution < -0.4 is 10.0 Å². The maximum atomic E-state index is 12.3. The fourth-order valence-electron chi connectivity index (χ4n) is 2.50. The minimum atomic E-state index is -3.55. The smallest absolute Gasteiger partial charge is 0.236 e. The van der Waals surface area contributed by atoms with Crippen molar-refractivity contribution in [1.82, 2.24) is 0 Å². The average Bonchev–Trinajstić information content (AvgIpc) is 2.76. The summed E-state index contributed by atoms with van der Waals surface area (Å²) >= 11 is 5.79. The number of halogens is 1. The first-order chi connectivity index (χ1) is 10.8. The normalized spacial score (nSPS) is 16.8. The number of nitrogens with one attached hydrogen (secondary N) is 2. The Kier molecular flexibility index (Phi) is 4.04. The van der Waals surface area contributed by atoms with E-state index in [1.165, 1.54) is 0 Å². The zero-order valence-corrected chi connectivity index (χ0v) is 13.9. The summed E-state index contributed by atoms with van der Waals surface area (Å²) in [6.07, 6.45) is 0. The van der Waals surface area contributed by atoms with Crippen molar-refractivity contribution in [2.24, 2.45) is 0 Å². The van der Waals surface area contributed by atoms with Gasteiger partial charge in [-0.3, -0.25) is 9.52 Å². The van der Waals surface area contributed by atoms with Gasteiger partial charge in [0, 0.05) is 16.4 Å². The highest BCUT2D eigenvalue weighted by Crippen LogP contribution is 2.34. The van der Waals surface area contributed by atoms with Crippen LogP contribution in [-0.2, 0) is 20.6 Å². The summed E-state index contributed by atoms with van der Waals surface area (Å²) in [5.74, 6) is -0.513. The van der Waals surface area contributed by atoms with Gasteiger partial charge < -0.3 is 5.32 Å². The Morgan fingerprint density at radius 2 is 1.87 bits per heavy atom. The van der Waals surface area contributed by atoms with Crippen molar-refractivity contribution in [3.05, 3.63) is 58.6 Å². The zero-order valence-electron chi connectivity index (χ0n) is 12.3. The highest BCUT2D eigenvalue weighted by molar-refractivity contribution is 7.91. The third-order valence-corrected chi connectivity index (χ3v) is 5.22. The van der Waals surface area contributed by atoms with Gasteiger partial charge in [0.2, 0.25) is 15.9 Å². The van der Waals surface area contributed by atoms with Crippen molar-refractivity contribution in [2.75, 3.05) is 10.0 Å². The third kappa shape index (κ3) is 3.48. The van der Waals surface area contributed by atoms with Gasteiger partial charge in [-0.15, -0.1) is 0 Å². The topological polar surface area (TPSA) is 75.3 Å². The molecule has 7 heteroatoms. The summed E-state index contributed by atoms with van der Waals surface area (Å²) in [6.45, 7) is 1.78. The monoisotopic (exact) mass is 350 g/mol. The molecule has 120 valence electrons. The van der Waals surface area contributed by atoms with Crippen LogP contribution >= 0.6 is 11.6 Å². The average molecular weight is 351 g/mol. The maximum absolute atomic E-state index is 12.3. The highest BCUT2D eigenvalue weighted by atomic mass is 35.5. The molecule has 23 heavy (non-hydrogen) atoms. The van der Waals surface area contributed by atoms with Crippen LogP contribution in [-0.4, -0.2) is 14.3 Å². The quantitative estimate of drug-likeness (QED) is 0.888. The van der Waals surface area contributed by atoms with Crippen LogP contribution in [0.25, 0.3) is 0 Å². The van der Waals surface area contributed by atoms with Crippen molar-refractivity contribution in [1.29, 1.82) is 0 Å². The van der Waals surface area contributed by atoms with Gasteiger partial charge in [-0.05, 0) is 48.4 Å². The Labute approximate surface area is 139 Å². The first-order valence-corrected chi connectivity index (χ1v) is 9.07.